The zero-order valence-corrected chi connectivity index (χ0v) is 19.0. The summed E-state index contributed by atoms with van der Waals surface area (Å²) >= 11 is 6.19. The number of amides is 1. The fourth-order valence-electron chi connectivity index (χ4n) is 3.24. The third kappa shape index (κ3) is 4.62. The zero-order valence-electron chi connectivity index (χ0n) is 17.4. The smallest absolute Gasteiger partial charge is 0.249 e. The summed E-state index contributed by atoms with van der Waals surface area (Å²) < 4.78 is 39.2. The fourth-order valence-corrected chi connectivity index (χ4v) is 5.12. The summed E-state index contributed by atoms with van der Waals surface area (Å²) in [7, 11) is -2.47. The van der Waals surface area contributed by atoms with Crippen molar-refractivity contribution in [2.75, 3.05) is 12.4 Å². The molecule has 168 valence electrons. The van der Waals surface area contributed by atoms with Gasteiger partial charge in [0.25, 0.3) is 0 Å². The van der Waals surface area contributed by atoms with Crippen LogP contribution in [0.25, 0.3) is 11.5 Å². The average Bonchev–Trinajstić information content (AvgIpc) is 3.49. The molecule has 0 radical (unpaired) electrons. The number of ether oxygens (including phenoxy) is 1. The number of hydrogen-bond acceptors (Lipinski definition) is 7. The van der Waals surface area contributed by atoms with E-state index in [1.165, 1.54) is 36.5 Å². The molecule has 1 amide bonds. The molecule has 1 fully saturated rings. The lowest BCUT2D eigenvalue weighted by atomic mass is 10.2. The first-order valence-corrected chi connectivity index (χ1v) is 11.7. The van der Waals surface area contributed by atoms with Gasteiger partial charge in [-0.1, -0.05) is 23.7 Å². The highest BCUT2D eigenvalue weighted by Crippen LogP contribution is 2.36. The highest BCUT2D eigenvalue weighted by molar-refractivity contribution is 7.89. The fraction of sp³-hybridized carbons (Fsp3) is 0.286. The van der Waals surface area contributed by atoms with Crippen LogP contribution in [-0.4, -0.2) is 42.0 Å². The third-order valence-corrected chi connectivity index (χ3v) is 7.13. The first-order valence-electron chi connectivity index (χ1n) is 9.84. The number of sulfonamides is 1. The van der Waals surface area contributed by atoms with Crippen molar-refractivity contribution in [3.63, 3.8) is 0 Å². The molecule has 1 aliphatic rings. The predicted octanol–water partition coefficient (Wildman–Crippen LogP) is 3.71. The Hall–Kier alpha value is -2.95. The van der Waals surface area contributed by atoms with E-state index in [1.807, 2.05) is 0 Å². The zero-order chi connectivity index (χ0) is 22.9. The monoisotopic (exact) mass is 476 g/mol. The summed E-state index contributed by atoms with van der Waals surface area (Å²) in [6, 6.07) is 11.2. The van der Waals surface area contributed by atoms with Crippen LogP contribution in [0.1, 0.15) is 25.7 Å². The van der Waals surface area contributed by atoms with E-state index < -0.39 is 10.0 Å². The van der Waals surface area contributed by atoms with Gasteiger partial charge in [-0.15, -0.1) is 10.2 Å². The first kappa shape index (κ1) is 22.3. The van der Waals surface area contributed by atoms with Gasteiger partial charge in [-0.25, -0.2) is 8.42 Å². The van der Waals surface area contributed by atoms with Crippen molar-refractivity contribution in [3.8, 4) is 17.2 Å². The first-order chi connectivity index (χ1) is 15.3. The summed E-state index contributed by atoms with van der Waals surface area (Å²) in [4.78, 5) is 11.5. The van der Waals surface area contributed by atoms with E-state index in [9.17, 15) is 13.2 Å². The normalized spacial score (nSPS) is 13.9. The Morgan fingerprint density at radius 3 is 2.66 bits per heavy atom. The van der Waals surface area contributed by atoms with Crippen molar-refractivity contribution in [1.82, 2.24) is 14.5 Å². The Morgan fingerprint density at radius 2 is 2.00 bits per heavy atom. The number of hydrogen-bond donors (Lipinski definition) is 1. The molecule has 1 saturated carbocycles. The molecule has 1 aromatic heterocycles. The lowest BCUT2D eigenvalue weighted by Crippen LogP contribution is -2.33. The lowest BCUT2D eigenvalue weighted by molar-refractivity contribution is -0.114. The SMILES string of the molecule is COc1ccc(S(=O)(=O)N(Cc2nnc(-c3ccccc3Cl)o2)C2CC2)cc1NC(C)=O. The van der Waals surface area contributed by atoms with Crippen LogP contribution in [0, 0.1) is 0 Å². The second-order valence-electron chi connectivity index (χ2n) is 7.31. The van der Waals surface area contributed by atoms with E-state index in [-0.39, 0.29) is 40.9 Å². The molecule has 0 atom stereocenters. The van der Waals surface area contributed by atoms with Gasteiger partial charge in [0.1, 0.15) is 5.75 Å². The number of methoxy groups -OCH3 is 1. The van der Waals surface area contributed by atoms with Crippen LogP contribution >= 0.6 is 11.6 Å². The standard InChI is InChI=1S/C21H21ClN4O5S/c1-13(27)23-18-11-15(9-10-19(18)30-2)32(28,29)26(14-7-8-14)12-20-24-25-21(31-20)16-5-3-4-6-17(16)22/h3-6,9-11,14H,7-8,12H2,1-2H3,(H,23,27). The molecule has 9 nitrogen and oxygen atoms in total. The number of rotatable bonds is 8. The summed E-state index contributed by atoms with van der Waals surface area (Å²) in [6.45, 7) is 1.26. The van der Waals surface area contributed by atoms with E-state index in [1.54, 1.807) is 24.3 Å². The number of carbonyl (C=O) groups excluding carboxylic acids is 1. The van der Waals surface area contributed by atoms with Gasteiger partial charge in [0.15, 0.2) is 0 Å². The number of carbonyl (C=O) groups is 1. The van der Waals surface area contributed by atoms with Crippen molar-refractivity contribution in [3.05, 3.63) is 53.4 Å². The van der Waals surface area contributed by atoms with E-state index in [4.69, 9.17) is 20.8 Å². The van der Waals surface area contributed by atoms with Crippen molar-refractivity contribution in [1.29, 1.82) is 0 Å². The molecule has 1 aliphatic carbocycles. The van der Waals surface area contributed by atoms with Gasteiger partial charge in [0.2, 0.25) is 27.7 Å². The number of nitrogens with one attached hydrogen (secondary N) is 1. The Balaban J connectivity index is 1.64. The molecule has 3 aromatic rings. The van der Waals surface area contributed by atoms with Crippen LogP contribution in [0.15, 0.2) is 51.8 Å². The summed E-state index contributed by atoms with van der Waals surface area (Å²) in [5, 5.41) is 11.1. The number of benzene rings is 2. The maximum atomic E-state index is 13.4. The van der Waals surface area contributed by atoms with Crippen LogP contribution in [0.4, 0.5) is 5.69 Å². The molecule has 11 heteroatoms. The number of halogens is 1. The van der Waals surface area contributed by atoms with Gasteiger partial charge in [-0.3, -0.25) is 4.79 Å². The largest absolute Gasteiger partial charge is 0.495 e. The van der Waals surface area contributed by atoms with Crippen LogP contribution < -0.4 is 10.1 Å². The van der Waals surface area contributed by atoms with Gasteiger partial charge in [-0.05, 0) is 43.2 Å². The minimum Gasteiger partial charge on any atom is -0.495 e. The van der Waals surface area contributed by atoms with E-state index in [0.29, 0.717) is 16.3 Å². The van der Waals surface area contributed by atoms with Gasteiger partial charge >= 0.3 is 0 Å². The molecule has 32 heavy (non-hydrogen) atoms. The maximum absolute atomic E-state index is 13.4. The average molecular weight is 477 g/mol. The molecule has 0 spiro atoms. The van der Waals surface area contributed by atoms with Crippen molar-refractivity contribution in [2.45, 2.75) is 37.2 Å². The van der Waals surface area contributed by atoms with Gasteiger partial charge in [0, 0.05) is 13.0 Å². The van der Waals surface area contributed by atoms with Gasteiger partial charge in [0.05, 0.1) is 34.8 Å². The summed E-state index contributed by atoms with van der Waals surface area (Å²) in [5.41, 5.74) is 0.847. The highest BCUT2D eigenvalue weighted by Gasteiger charge is 2.39. The Morgan fingerprint density at radius 1 is 1.25 bits per heavy atom. The summed E-state index contributed by atoms with van der Waals surface area (Å²) in [5.74, 6) is 0.399. The second kappa shape index (κ2) is 8.89. The summed E-state index contributed by atoms with van der Waals surface area (Å²) in [6.07, 6.45) is 1.47. The topological polar surface area (TPSA) is 115 Å². The van der Waals surface area contributed by atoms with Gasteiger partial charge < -0.3 is 14.5 Å². The minimum atomic E-state index is -3.91. The van der Waals surface area contributed by atoms with Crippen LogP contribution in [0.5, 0.6) is 5.75 Å². The molecule has 4 rings (SSSR count). The van der Waals surface area contributed by atoms with E-state index in [0.717, 1.165) is 12.8 Å². The Kier molecular flexibility index (Phi) is 6.18. The lowest BCUT2D eigenvalue weighted by Gasteiger charge is -2.21. The molecular formula is C21H21ClN4O5S. The van der Waals surface area contributed by atoms with Crippen molar-refractivity contribution in [2.24, 2.45) is 0 Å². The van der Waals surface area contributed by atoms with Crippen molar-refractivity contribution >= 4 is 33.2 Å². The van der Waals surface area contributed by atoms with Gasteiger partial charge in [-0.2, -0.15) is 4.31 Å². The highest BCUT2D eigenvalue weighted by atomic mass is 35.5. The molecular weight excluding hydrogens is 456 g/mol. The maximum Gasteiger partial charge on any atom is 0.249 e. The Bertz CT molecular complexity index is 1260. The van der Waals surface area contributed by atoms with Crippen LogP contribution in [0.3, 0.4) is 0 Å². The molecule has 0 unspecified atom stereocenters. The predicted molar refractivity (Wildman–Crippen MR) is 118 cm³/mol. The van der Waals surface area contributed by atoms with E-state index in [2.05, 4.69) is 15.5 Å². The quantitative estimate of drug-likeness (QED) is 0.527. The molecule has 1 N–H and O–H groups in total. The number of anilines is 1. The molecule has 2 aromatic carbocycles. The third-order valence-electron chi connectivity index (χ3n) is 4.90. The second-order valence-corrected chi connectivity index (χ2v) is 9.60. The number of nitrogens with zero attached hydrogens (tertiary/aromatic N) is 3. The molecule has 0 saturated heterocycles. The van der Waals surface area contributed by atoms with Crippen LogP contribution in [-0.2, 0) is 21.4 Å². The molecule has 0 bridgehead atoms. The Labute approximate surface area is 190 Å². The van der Waals surface area contributed by atoms with E-state index >= 15 is 0 Å². The van der Waals surface area contributed by atoms with Crippen LogP contribution in [0.2, 0.25) is 5.02 Å². The molecule has 1 heterocycles. The number of aromatic nitrogens is 2. The van der Waals surface area contributed by atoms with Crippen molar-refractivity contribution < 1.29 is 22.4 Å². The molecule has 0 aliphatic heterocycles. The minimum absolute atomic E-state index is 0.0276.